The average Bonchev–Trinajstić information content (AvgIpc) is 2.55. The van der Waals surface area contributed by atoms with Crippen molar-refractivity contribution in [2.24, 2.45) is 0 Å². The van der Waals surface area contributed by atoms with Gasteiger partial charge in [-0.2, -0.15) is 0 Å². The molecule has 3 N–H and O–H groups in total. The molecular weight excluding hydrogens is 314 g/mol. The molecule has 3 atom stereocenters. The van der Waals surface area contributed by atoms with Crippen molar-refractivity contribution in [1.82, 2.24) is 15.1 Å². The van der Waals surface area contributed by atoms with Crippen LogP contribution in [0.25, 0.3) is 0 Å². The van der Waals surface area contributed by atoms with Gasteiger partial charge in [0.1, 0.15) is 0 Å². The number of aliphatic hydroxyl groups excluding tert-OH is 1. The van der Waals surface area contributed by atoms with E-state index in [2.05, 4.69) is 10.2 Å². The maximum Gasteiger partial charge on any atom is 0.303 e. The van der Waals surface area contributed by atoms with E-state index in [-0.39, 0.29) is 36.7 Å². The molecule has 0 unspecified atom stereocenters. The molecule has 0 aromatic heterocycles. The van der Waals surface area contributed by atoms with Gasteiger partial charge in [-0.25, -0.2) is 0 Å². The fourth-order valence-electron chi connectivity index (χ4n) is 3.58. The van der Waals surface area contributed by atoms with E-state index in [0.29, 0.717) is 19.5 Å². The van der Waals surface area contributed by atoms with E-state index in [4.69, 9.17) is 5.11 Å². The van der Waals surface area contributed by atoms with Gasteiger partial charge in [-0.05, 0) is 19.3 Å². The number of aliphatic hydroxyl groups is 1. The fraction of sp³-hybridized carbons (Fsp3) is 0.812. The monoisotopic (exact) mass is 341 g/mol. The van der Waals surface area contributed by atoms with E-state index in [0.717, 1.165) is 25.9 Å². The standard InChI is InChI=1S/C16H27N3O5/c1-11(20)18-7-9-19(10-8-18)13-4-2-3-12(16(13)24)17-14(21)5-6-15(22)23/h12-13,16,24H,2-10H2,1H3,(H,17,21)(H,22,23)/t12-,13-,16-/m1/s1. The van der Waals surface area contributed by atoms with E-state index in [1.807, 2.05) is 0 Å². The van der Waals surface area contributed by atoms with Crippen molar-refractivity contribution in [3.8, 4) is 0 Å². The van der Waals surface area contributed by atoms with Crippen molar-refractivity contribution in [2.45, 2.75) is 57.2 Å². The molecule has 0 aromatic rings. The molecule has 0 spiro atoms. The van der Waals surface area contributed by atoms with Crippen molar-refractivity contribution >= 4 is 17.8 Å². The van der Waals surface area contributed by atoms with Crippen molar-refractivity contribution < 1.29 is 24.6 Å². The van der Waals surface area contributed by atoms with E-state index < -0.39 is 12.1 Å². The summed E-state index contributed by atoms with van der Waals surface area (Å²) in [5.74, 6) is -1.26. The van der Waals surface area contributed by atoms with Crippen molar-refractivity contribution in [2.75, 3.05) is 26.2 Å². The first-order chi connectivity index (χ1) is 11.4. The predicted octanol–water partition coefficient (Wildman–Crippen LogP) is -0.586. The number of carbonyl (C=O) groups excluding carboxylic acids is 2. The van der Waals surface area contributed by atoms with E-state index in [1.54, 1.807) is 11.8 Å². The lowest BCUT2D eigenvalue weighted by Gasteiger charge is -2.45. The third-order valence-corrected chi connectivity index (χ3v) is 4.96. The molecular formula is C16H27N3O5. The van der Waals surface area contributed by atoms with Crippen LogP contribution in [0.4, 0.5) is 0 Å². The van der Waals surface area contributed by atoms with Crippen molar-refractivity contribution in [3.63, 3.8) is 0 Å². The highest BCUT2D eigenvalue weighted by Gasteiger charge is 2.37. The predicted molar refractivity (Wildman–Crippen MR) is 86.3 cm³/mol. The largest absolute Gasteiger partial charge is 0.481 e. The molecule has 1 heterocycles. The van der Waals surface area contributed by atoms with Crippen LogP contribution in [-0.2, 0) is 14.4 Å². The molecule has 1 saturated heterocycles. The Balaban J connectivity index is 1.86. The summed E-state index contributed by atoms with van der Waals surface area (Å²) in [5.41, 5.74) is 0. The van der Waals surface area contributed by atoms with Gasteiger partial charge in [-0.1, -0.05) is 0 Å². The number of piperazine rings is 1. The Hall–Kier alpha value is -1.67. The molecule has 136 valence electrons. The maximum atomic E-state index is 11.8. The van der Waals surface area contributed by atoms with Gasteiger partial charge < -0.3 is 20.4 Å². The number of nitrogens with zero attached hydrogens (tertiary/aromatic N) is 2. The Morgan fingerprint density at radius 2 is 1.75 bits per heavy atom. The quantitative estimate of drug-likeness (QED) is 0.617. The number of carboxylic acid groups (broad SMARTS) is 1. The highest BCUT2D eigenvalue weighted by Crippen LogP contribution is 2.25. The Morgan fingerprint density at radius 3 is 2.33 bits per heavy atom. The molecule has 1 aliphatic heterocycles. The van der Waals surface area contributed by atoms with Crippen LogP contribution in [0.1, 0.15) is 39.0 Å². The molecule has 2 amide bonds. The molecule has 2 rings (SSSR count). The summed E-state index contributed by atoms with van der Waals surface area (Å²) in [7, 11) is 0. The molecule has 1 aliphatic carbocycles. The molecule has 8 nitrogen and oxygen atoms in total. The summed E-state index contributed by atoms with van der Waals surface area (Å²) in [4.78, 5) is 37.7. The fourth-order valence-corrected chi connectivity index (χ4v) is 3.58. The van der Waals surface area contributed by atoms with Gasteiger partial charge >= 0.3 is 5.97 Å². The van der Waals surface area contributed by atoms with Crippen LogP contribution in [0.15, 0.2) is 0 Å². The van der Waals surface area contributed by atoms with E-state index in [1.165, 1.54) is 0 Å². The number of hydrogen-bond donors (Lipinski definition) is 3. The smallest absolute Gasteiger partial charge is 0.303 e. The second kappa shape index (κ2) is 8.43. The zero-order chi connectivity index (χ0) is 17.7. The van der Waals surface area contributed by atoms with Gasteiger partial charge in [-0.15, -0.1) is 0 Å². The first-order valence-corrected chi connectivity index (χ1v) is 8.57. The van der Waals surface area contributed by atoms with E-state index in [9.17, 15) is 19.5 Å². The number of carbonyl (C=O) groups is 3. The van der Waals surface area contributed by atoms with E-state index >= 15 is 0 Å². The van der Waals surface area contributed by atoms with Crippen LogP contribution < -0.4 is 5.32 Å². The number of hydrogen-bond acceptors (Lipinski definition) is 5. The number of nitrogens with one attached hydrogen (secondary N) is 1. The summed E-state index contributed by atoms with van der Waals surface area (Å²) in [6.07, 6.45) is 1.52. The zero-order valence-electron chi connectivity index (χ0n) is 14.1. The van der Waals surface area contributed by atoms with Gasteiger partial charge in [0.2, 0.25) is 11.8 Å². The summed E-state index contributed by atoms with van der Waals surface area (Å²) in [6, 6.07) is -0.367. The first kappa shape index (κ1) is 18.7. The summed E-state index contributed by atoms with van der Waals surface area (Å²) < 4.78 is 0. The van der Waals surface area contributed by atoms with Crippen LogP contribution in [-0.4, -0.2) is 82.2 Å². The minimum Gasteiger partial charge on any atom is -0.481 e. The summed E-state index contributed by atoms with van der Waals surface area (Å²) in [6.45, 7) is 4.33. The topological polar surface area (TPSA) is 110 Å². The lowest BCUT2D eigenvalue weighted by molar-refractivity contribution is -0.139. The van der Waals surface area contributed by atoms with Gasteiger partial charge in [0.25, 0.3) is 0 Å². The van der Waals surface area contributed by atoms with Crippen LogP contribution >= 0.6 is 0 Å². The van der Waals surface area contributed by atoms with Gasteiger partial charge in [0.15, 0.2) is 0 Å². The van der Waals surface area contributed by atoms with Gasteiger partial charge in [-0.3, -0.25) is 19.3 Å². The molecule has 2 fully saturated rings. The first-order valence-electron chi connectivity index (χ1n) is 8.57. The minimum absolute atomic E-state index is 0.0300. The third kappa shape index (κ3) is 4.91. The molecule has 0 aromatic carbocycles. The van der Waals surface area contributed by atoms with Gasteiger partial charge in [0, 0.05) is 45.6 Å². The summed E-state index contributed by atoms with van der Waals surface area (Å²) in [5, 5.41) is 22.0. The maximum absolute atomic E-state index is 11.8. The molecule has 1 saturated carbocycles. The normalized spacial score (nSPS) is 28.4. The Kier molecular flexibility index (Phi) is 6.56. The molecule has 8 heteroatoms. The second-order valence-corrected chi connectivity index (χ2v) is 6.60. The number of carboxylic acids is 1. The van der Waals surface area contributed by atoms with Crippen LogP contribution in [0.2, 0.25) is 0 Å². The Bertz CT molecular complexity index is 476. The average molecular weight is 341 g/mol. The van der Waals surface area contributed by atoms with Crippen LogP contribution in [0.3, 0.4) is 0 Å². The van der Waals surface area contributed by atoms with Crippen LogP contribution in [0.5, 0.6) is 0 Å². The highest BCUT2D eigenvalue weighted by molar-refractivity contribution is 5.80. The molecule has 24 heavy (non-hydrogen) atoms. The molecule has 0 radical (unpaired) electrons. The molecule has 0 bridgehead atoms. The Labute approximate surface area is 141 Å². The lowest BCUT2D eigenvalue weighted by atomic mass is 9.86. The highest BCUT2D eigenvalue weighted by atomic mass is 16.4. The van der Waals surface area contributed by atoms with Crippen LogP contribution in [0, 0.1) is 0 Å². The summed E-state index contributed by atoms with van der Waals surface area (Å²) >= 11 is 0. The SMILES string of the molecule is CC(=O)N1CCN([C@@H]2CCC[C@@H](NC(=O)CCC(=O)O)[C@H]2O)CC1. The van der Waals surface area contributed by atoms with Gasteiger partial charge in [0.05, 0.1) is 18.6 Å². The number of aliphatic carboxylic acids is 1. The lowest BCUT2D eigenvalue weighted by Crippen LogP contribution is -2.60. The zero-order valence-corrected chi connectivity index (χ0v) is 14.1. The third-order valence-electron chi connectivity index (χ3n) is 4.96. The second-order valence-electron chi connectivity index (χ2n) is 6.60. The Morgan fingerprint density at radius 1 is 1.08 bits per heavy atom. The number of rotatable bonds is 5. The molecule has 2 aliphatic rings. The van der Waals surface area contributed by atoms with Crippen molar-refractivity contribution in [1.29, 1.82) is 0 Å². The number of amides is 2. The van der Waals surface area contributed by atoms with Crippen molar-refractivity contribution in [3.05, 3.63) is 0 Å². The minimum atomic E-state index is -1.00.